The van der Waals surface area contributed by atoms with Gasteiger partial charge in [0.25, 0.3) is 0 Å². The van der Waals surface area contributed by atoms with Gasteiger partial charge in [-0.25, -0.2) is 0 Å². The Morgan fingerprint density at radius 3 is 2.84 bits per heavy atom. The second-order valence-electron chi connectivity index (χ2n) is 4.38. The number of carbonyl (C=O) groups excluding carboxylic acids is 1. The summed E-state index contributed by atoms with van der Waals surface area (Å²) in [4.78, 5) is 11.5. The minimum atomic E-state index is -0.0366. The van der Waals surface area contributed by atoms with Gasteiger partial charge in [0.15, 0.2) is 6.61 Å². The summed E-state index contributed by atoms with van der Waals surface area (Å²) in [6.45, 7) is 4.63. The van der Waals surface area contributed by atoms with Crippen molar-refractivity contribution in [3.8, 4) is 11.8 Å². The van der Waals surface area contributed by atoms with Crippen LogP contribution in [0.5, 0.6) is 5.75 Å². The molecule has 1 aromatic carbocycles. The van der Waals surface area contributed by atoms with Crippen LogP contribution in [0.1, 0.15) is 19.4 Å². The van der Waals surface area contributed by atoms with E-state index in [1.165, 1.54) is 0 Å². The van der Waals surface area contributed by atoms with Crippen LogP contribution >= 0.6 is 0 Å². The van der Waals surface area contributed by atoms with E-state index in [2.05, 4.69) is 10.6 Å². The average molecular weight is 261 g/mol. The number of amides is 1. The maximum Gasteiger partial charge on any atom is 0.234 e. The fourth-order valence-electron chi connectivity index (χ4n) is 1.58. The lowest BCUT2D eigenvalue weighted by Crippen LogP contribution is -2.37. The third kappa shape index (κ3) is 5.89. The fraction of sp³-hybridized carbons (Fsp3) is 0.429. The Morgan fingerprint density at radius 2 is 2.16 bits per heavy atom. The molecular weight excluding hydrogens is 242 g/mol. The second kappa shape index (κ2) is 8.11. The maximum absolute atomic E-state index is 11.5. The van der Waals surface area contributed by atoms with Crippen molar-refractivity contribution in [3.05, 3.63) is 29.8 Å². The van der Waals surface area contributed by atoms with Crippen LogP contribution in [0.2, 0.25) is 0 Å². The van der Waals surface area contributed by atoms with Crippen molar-refractivity contribution in [1.82, 2.24) is 10.6 Å². The molecule has 2 N–H and O–H groups in total. The van der Waals surface area contributed by atoms with Gasteiger partial charge in [-0.2, -0.15) is 5.26 Å². The second-order valence-corrected chi connectivity index (χ2v) is 4.38. The fourth-order valence-corrected chi connectivity index (χ4v) is 1.58. The van der Waals surface area contributed by atoms with Crippen molar-refractivity contribution in [2.24, 2.45) is 0 Å². The summed E-state index contributed by atoms with van der Waals surface area (Å²) >= 11 is 0. The molecule has 0 saturated carbocycles. The zero-order valence-corrected chi connectivity index (χ0v) is 11.3. The molecule has 0 atom stereocenters. The average Bonchev–Trinajstić information content (AvgIpc) is 2.36. The molecule has 1 amide bonds. The predicted molar refractivity (Wildman–Crippen MR) is 72.5 cm³/mol. The summed E-state index contributed by atoms with van der Waals surface area (Å²) in [7, 11) is 0. The van der Waals surface area contributed by atoms with Crippen LogP contribution in [0, 0.1) is 11.3 Å². The summed E-state index contributed by atoms with van der Waals surface area (Å²) < 4.78 is 5.31. The minimum Gasteiger partial charge on any atom is -0.478 e. The van der Waals surface area contributed by atoms with Gasteiger partial charge in [-0.1, -0.05) is 18.2 Å². The molecule has 0 fully saturated rings. The van der Waals surface area contributed by atoms with Crippen LogP contribution in [-0.4, -0.2) is 25.1 Å². The molecule has 0 heterocycles. The van der Waals surface area contributed by atoms with E-state index in [0.717, 1.165) is 5.56 Å². The summed E-state index contributed by atoms with van der Waals surface area (Å²) in [5.74, 6) is 0.631. The van der Waals surface area contributed by atoms with E-state index in [1.807, 2.05) is 44.2 Å². The Balaban J connectivity index is 2.44. The first-order chi connectivity index (χ1) is 9.13. The first kappa shape index (κ1) is 15.0. The van der Waals surface area contributed by atoms with Crippen LogP contribution in [0.3, 0.4) is 0 Å². The normalized spacial score (nSPS) is 10.0. The van der Waals surface area contributed by atoms with Crippen molar-refractivity contribution in [2.45, 2.75) is 26.4 Å². The molecule has 0 aromatic heterocycles. The maximum atomic E-state index is 11.5. The molecule has 0 aliphatic rings. The number of nitrogens with zero attached hydrogens (tertiary/aromatic N) is 1. The molecule has 0 aliphatic carbocycles. The monoisotopic (exact) mass is 261 g/mol. The number of hydrogen-bond donors (Lipinski definition) is 2. The predicted octanol–water partition coefficient (Wildman–Crippen LogP) is 1.20. The van der Waals surface area contributed by atoms with Crippen molar-refractivity contribution >= 4 is 5.91 Å². The third-order valence-corrected chi connectivity index (χ3v) is 2.32. The van der Waals surface area contributed by atoms with Gasteiger partial charge in [0, 0.05) is 18.2 Å². The van der Waals surface area contributed by atoms with Crippen LogP contribution in [0.4, 0.5) is 0 Å². The Morgan fingerprint density at radius 1 is 1.42 bits per heavy atom. The number of hydrogen-bond acceptors (Lipinski definition) is 4. The molecule has 5 nitrogen and oxygen atoms in total. The van der Waals surface area contributed by atoms with E-state index < -0.39 is 0 Å². The van der Waals surface area contributed by atoms with E-state index >= 15 is 0 Å². The molecule has 5 heteroatoms. The van der Waals surface area contributed by atoms with Gasteiger partial charge in [0.2, 0.25) is 5.91 Å². The molecule has 0 saturated heterocycles. The lowest BCUT2D eigenvalue weighted by atomic mass is 10.2. The standard InChI is InChI=1S/C14H19N3O2/c1-11(2)17-14(18)10-16-9-12-5-3-4-6-13(12)19-8-7-15/h3-6,11,16H,8-10H2,1-2H3,(H,17,18). The first-order valence-corrected chi connectivity index (χ1v) is 6.21. The van der Waals surface area contributed by atoms with E-state index in [9.17, 15) is 4.79 Å². The Labute approximate surface area is 113 Å². The number of rotatable bonds is 7. The molecule has 0 spiro atoms. The molecule has 102 valence electrons. The lowest BCUT2D eigenvalue weighted by Gasteiger charge is -2.11. The molecule has 0 unspecified atom stereocenters. The van der Waals surface area contributed by atoms with Crippen molar-refractivity contribution in [2.75, 3.05) is 13.2 Å². The Hall–Kier alpha value is -2.06. The van der Waals surface area contributed by atoms with E-state index in [0.29, 0.717) is 12.3 Å². The van der Waals surface area contributed by atoms with Crippen molar-refractivity contribution < 1.29 is 9.53 Å². The van der Waals surface area contributed by atoms with Gasteiger partial charge in [0.1, 0.15) is 11.8 Å². The molecule has 1 rings (SSSR count). The van der Waals surface area contributed by atoms with Crippen molar-refractivity contribution in [3.63, 3.8) is 0 Å². The molecule has 0 radical (unpaired) electrons. The molecular formula is C14H19N3O2. The molecule has 0 aliphatic heterocycles. The Kier molecular flexibility index (Phi) is 6.41. The number of nitriles is 1. The van der Waals surface area contributed by atoms with E-state index in [1.54, 1.807) is 0 Å². The van der Waals surface area contributed by atoms with Gasteiger partial charge in [0.05, 0.1) is 6.54 Å². The number of nitrogens with one attached hydrogen (secondary N) is 2. The topological polar surface area (TPSA) is 74.2 Å². The number of ether oxygens (including phenoxy) is 1. The van der Waals surface area contributed by atoms with E-state index in [4.69, 9.17) is 10.00 Å². The SMILES string of the molecule is CC(C)NC(=O)CNCc1ccccc1OCC#N. The molecule has 0 bridgehead atoms. The highest BCUT2D eigenvalue weighted by atomic mass is 16.5. The van der Waals surface area contributed by atoms with Crippen LogP contribution < -0.4 is 15.4 Å². The molecule has 19 heavy (non-hydrogen) atoms. The third-order valence-electron chi connectivity index (χ3n) is 2.32. The smallest absolute Gasteiger partial charge is 0.234 e. The highest BCUT2D eigenvalue weighted by Crippen LogP contribution is 2.17. The van der Waals surface area contributed by atoms with Gasteiger partial charge < -0.3 is 15.4 Å². The Bertz CT molecular complexity index is 452. The van der Waals surface area contributed by atoms with Gasteiger partial charge >= 0.3 is 0 Å². The van der Waals surface area contributed by atoms with Gasteiger partial charge in [-0.3, -0.25) is 4.79 Å². The van der Waals surface area contributed by atoms with Crippen LogP contribution in [0.25, 0.3) is 0 Å². The van der Waals surface area contributed by atoms with E-state index in [-0.39, 0.29) is 25.1 Å². The first-order valence-electron chi connectivity index (χ1n) is 6.21. The zero-order chi connectivity index (χ0) is 14.1. The van der Waals surface area contributed by atoms with Gasteiger partial charge in [-0.05, 0) is 19.9 Å². The summed E-state index contributed by atoms with van der Waals surface area (Å²) in [5.41, 5.74) is 0.926. The van der Waals surface area contributed by atoms with Gasteiger partial charge in [-0.15, -0.1) is 0 Å². The van der Waals surface area contributed by atoms with Crippen LogP contribution in [-0.2, 0) is 11.3 Å². The lowest BCUT2D eigenvalue weighted by molar-refractivity contribution is -0.120. The summed E-state index contributed by atoms with van der Waals surface area (Å²) in [5, 5.41) is 14.4. The van der Waals surface area contributed by atoms with Crippen LogP contribution in [0.15, 0.2) is 24.3 Å². The zero-order valence-electron chi connectivity index (χ0n) is 11.3. The molecule has 1 aromatic rings. The highest BCUT2D eigenvalue weighted by Gasteiger charge is 2.05. The number of benzene rings is 1. The summed E-state index contributed by atoms with van der Waals surface area (Å²) in [6.07, 6.45) is 0. The number of carbonyl (C=O) groups is 1. The number of para-hydroxylation sites is 1. The summed E-state index contributed by atoms with van der Waals surface area (Å²) in [6, 6.07) is 9.53. The quantitative estimate of drug-likeness (QED) is 0.773. The largest absolute Gasteiger partial charge is 0.478 e. The van der Waals surface area contributed by atoms with Crippen molar-refractivity contribution in [1.29, 1.82) is 5.26 Å². The highest BCUT2D eigenvalue weighted by molar-refractivity contribution is 5.78. The minimum absolute atomic E-state index is 0.0187.